The van der Waals surface area contributed by atoms with Crippen LogP contribution in [0.4, 0.5) is 5.69 Å². The van der Waals surface area contributed by atoms with Crippen molar-refractivity contribution in [2.45, 2.75) is 0 Å². The van der Waals surface area contributed by atoms with Gasteiger partial charge in [-0.1, -0.05) is 30.3 Å². The third-order valence-electron chi connectivity index (χ3n) is 4.59. The van der Waals surface area contributed by atoms with Gasteiger partial charge in [0.2, 0.25) is 0 Å². The predicted molar refractivity (Wildman–Crippen MR) is 109 cm³/mol. The summed E-state index contributed by atoms with van der Waals surface area (Å²) in [5.41, 5.74) is 1.97. The fraction of sp³-hybridized carbons (Fsp3) is 0. The lowest BCUT2D eigenvalue weighted by molar-refractivity contribution is 0.102. The standard InChI is InChI=1S/C22H14N4O3/c27-21(16-11-14-5-1-4-8-19(14)29-22(16)28)25-15-9-10-20(23-12-15)26-13-24-17-6-2-3-7-18(17)26/h1-13H,(H,25,27). The van der Waals surface area contributed by atoms with Crippen molar-refractivity contribution in [3.8, 4) is 5.82 Å². The largest absolute Gasteiger partial charge is 0.422 e. The number of carbonyl (C=O) groups is 1. The molecule has 1 N–H and O–H groups in total. The molecular formula is C22H14N4O3. The molecule has 0 unspecified atom stereocenters. The Morgan fingerprint density at radius 1 is 0.966 bits per heavy atom. The molecule has 5 aromatic rings. The smallest absolute Gasteiger partial charge is 0.349 e. The topological polar surface area (TPSA) is 90.0 Å². The maximum absolute atomic E-state index is 12.6. The highest BCUT2D eigenvalue weighted by Gasteiger charge is 2.14. The first kappa shape index (κ1) is 16.9. The summed E-state index contributed by atoms with van der Waals surface area (Å²) >= 11 is 0. The Morgan fingerprint density at radius 3 is 2.66 bits per heavy atom. The minimum Gasteiger partial charge on any atom is -0.422 e. The fourth-order valence-electron chi connectivity index (χ4n) is 3.16. The molecule has 0 saturated carbocycles. The molecule has 7 nitrogen and oxygen atoms in total. The summed E-state index contributed by atoms with van der Waals surface area (Å²) in [7, 11) is 0. The van der Waals surface area contributed by atoms with Gasteiger partial charge in [0.1, 0.15) is 23.3 Å². The maximum Gasteiger partial charge on any atom is 0.349 e. The van der Waals surface area contributed by atoms with Crippen molar-refractivity contribution in [2.75, 3.05) is 5.32 Å². The first-order valence-corrected chi connectivity index (χ1v) is 8.92. The van der Waals surface area contributed by atoms with Crippen LogP contribution in [0.2, 0.25) is 0 Å². The van der Waals surface area contributed by atoms with Gasteiger partial charge in [0.25, 0.3) is 5.91 Å². The van der Waals surface area contributed by atoms with Crippen LogP contribution in [-0.2, 0) is 0 Å². The zero-order valence-corrected chi connectivity index (χ0v) is 15.1. The Bertz CT molecular complexity index is 1420. The summed E-state index contributed by atoms with van der Waals surface area (Å²) in [4.78, 5) is 33.4. The van der Waals surface area contributed by atoms with E-state index in [4.69, 9.17) is 4.42 Å². The minimum atomic E-state index is -0.685. The van der Waals surface area contributed by atoms with Gasteiger partial charge in [0.15, 0.2) is 0 Å². The van der Waals surface area contributed by atoms with E-state index in [1.54, 1.807) is 36.7 Å². The van der Waals surface area contributed by atoms with Gasteiger partial charge in [0.05, 0.1) is 22.9 Å². The SMILES string of the molecule is O=C(Nc1ccc(-n2cnc3ccccc32)nc1)c1cc2ccccc2oc1=O. The van der Waals surface area contributed by atoms with E-state index in [9.17, 15) is 9.59 Å². The molecule has 0 saturated heterocycles. The molecule has 3 heterocycles. The lowest BCUT2D eigenvalue weighted by Gasteiger charge is -2.07. The molecule has 2 aromatic carbocycles. The Labute approximate surface area is 164 Å². The number of pyridine rings is 1. The van der Waals surface area contributed by atoms with E-state index in [2.05, 4.69) is 15.3 Å². The monoisotopic (exact) mass is 382 g/mol. The second-order valence-electron chi connectivity index (χ2n) is 6.45. The van der Waals surface area contributed by atoms with E-state index in [0.29, 0.717) is 22.5 Å². The molecule has 0 aliphatic heterocycles. The van der Waals surface area contributed by atoms with Gasteiger partial charge in [-0.05, 0) is 36.4 Å². The summed E-state index contributed by atoms with van der Waals surface area (Å²) in [6, 6.07) is 19.8. The molecule has 1 amide bonds. The highest BCUT2D eigenvalue weighted by atomic mass is 16.4. The Morgan fingerprint density at radius 2 is 1.79 bits per heavy atom. The van der Waals surface area contributed by atoms with Crippen molar-refractivity contribution >= 4 is 33.6 Å². The van der Waals surface area contributed by atoms with Crippen molar-refractivity contribution in [1.82, 2.24) is 14.5 Å². The summed E-state index contributed by atoms with van der Waals surface area (Å²) < 4.78 is 7.08. The minimum absolute atomic E-state index is 0.0617. The number of benzene rings is 2. The fourth-order valence-corrected chi connectivity index (χ4v) is 3.16. The number of fused-ring (bicyclic) bond motifs is 2. The summed E-state index contributed by atoms with van der Waals surface area (Å²) in [6.45, 7) is 0. The van der Waals surface area contributed by atoms with Gasteiger partial charge >= 0.3 is 5.63 Å². The third-order valence-corrected chi connectivity index (χ3v) is 4.59. The lowest BCUT2D eigenvalue weighted by atomic mass is 10.2. The Balaban J connectivity index is 1.42. The highest BCUT2D eigenvalue weighted by molar-refractivity contribution is 6.05. The van der Waals surface area contributed by atoms with Crippen molar-refractivity contribution in [3.63, 3.8) is 0 Å². The molecule has 3 aromatic heterocycles. The van der Waals surface area contributed by atoms with E-state index >= 15 is 0 Å². The van der Waals surface area contributed by atoms with E-state index < -0.39 is 11.5 Å². The number of carbonyl (C=O) groups excluding carboxylic acids is 1. The van der Waals surface area contributed by atoms with Crippen LogP contribution in [0, 0.1) is 0 Å². The number of para-hydroxylation sites is 3. The first-order valence-electron chi connectivity index (χ1n) is 8.92. The molecular weight excluding hydrogens is 368 g/mol. The second kappa shape index (κ2) is 6.72. The van der Waals surface area contributed by atoms with Gasteiger partial charge < -0.3 is 9.73 Å². The number of aromatic nitrogens is 3. The third kappa shape index (κ3) is 3.04. The number of rotatable bonds is 3. The highest BCUT2D eigenvalue weighted by Crippen LogP contribution is 2.18. The average molecular weight is 382 g/mol. The van der Waals surface area contributed by atoms with Crippen LogP contribution in [-0.4, -0.2) is 20.4 Å². The number of hydrogen-bond acceptors (Lipinski definition) is 5. The van der Waals surface area contributed by atoms with E-state index in [1.807, 2.05) is 34.9 Å². The predicted octanol–water partition coefficient (Wildman–Crippen LogP) is 3.78. The van der Waals surface area contributed by atoms with Crippen LogP contribution < -0.4 is 10.9 Å². The Kier molecular flexibility index (Phi) is 3.91. The molecule has 29 heavy (non-hydrogen) atoms. The van der Waals surface area contributed by atoms with Gasteiger partial charge in [-0.2, -0.15) is 0 Å². The Hall–Kier alpha value is -4.26. The number of imidazole rings is 1. The van der Waals surface area contributed by atoms with Gasteiger partial charge in [-0.25, -0.2) is 14.8 Å². The molecule has 0 spiro atoms. The van der Waals surface area contributed by atoms with Crippen LogP contribution in [0.15, 0.2) is 88.5 Å². The normalized spacial score (nSPS) is 11.0. The van der Waals surface area contributed by atoms with Crippen LogP contribution >= 0.6 is 0 Å². The quantitative estimate of drug-likeness (QED) is 0.480. The summed E-state index contributed by atoms with van der Waals surface area (Å²) in [6.07, 6.45) is 3.23. The number of hydrogen-bond donors (Lipinski definition) is 1. The molecule has 5 rings (SSSR count). The summed E-state index contributed by atoms with van der Waals surface area (Å²) in [5.74, 6) is 0.119. The molecule has 0 fully saturated rings. The van der Waals surface area contributed by atoms with Crippen molar-refractivity contribution in [3.05, 3.63) is 95.2 Å². The molecule has 7 heteroatoms. The zero-order chi connectivity index (χ0) is 19.8. The molecule has 0 aliphatic carbocycles. The van der Waals surface area contributed by atoms with Gasteiger partial charge in [-0.15, -0.1) is 0 Å². The van der Waals surface area contributed by atoms with Crippen LogP contribution in [0.3, 0.4) is 0 Å². The maximum atomic E-state index is 12.6. The lowest BCUT2D eigenvalue weighted by Crippen LogP contribution is -2.20. The second-order valence-corrected chi connectivity index (χ2v) is 6.45. The average Bonchev–Trinajstić information content (AvgIpc) is 3.18. The number of anilines is 1. The molecule has 0 aliphatic rings. The van der Waals surface area contributed by atoms with Crippen LogP contribution in [0.25, 0.3) is 27.8 Å². The zero-order valence-electron chi connectivity index (χ0n) is 15.1. The number of nitrogens with zero attached hydrogens (tertiary/aromatic N) is 3. The van der Waals surface area contributed by atoms with Crippen LogP contribution in [0.5, 0.6) is 0 Å². The van der Waals surface area contributed by atoms with Gasteiger partial charge in [0, 0.05) is 5.39 Å². The van der Waals surface area contributed by atoms with Crippen molar-refractivity contribution in [2.24, 2.45) is 0 Å². The number of amides is 1. The molecule has 140 valence electrons. The molecule has 0 atom stereocenters. The van der Waals surface area contributed by atoms with E-state index in [-0.39, 0.29) is 5.56 Å². The molecule has 0 radical (unpaired) electrons. The number of nitrogens with one attached hydrogen (secondary N) is 1. The van der Waals surface area contributed by atoms with Crippen LogP contribution in [0.1, 0.15) is 10.4 Å². The van der Waals surface area contributed by atoms with Crippen molar-refractivity contribution < 1.29 is 9.21 Å². The van der Waals surface area contributed by atoms with E-state index in [1.165, 1.54) is 12.3 Å². The van der Waals surface area contributed by atoms with Crippen molar-refractivity contribution in [1.29, 1.82) is 0 Å². The first-order chi connectivity index (χ1) is 14.2. The summed E-state index contributed by atoms with van der Waals surface area (Å²) in [5, 5.41) is 3.37. The van der Waals surface area contributed by atoms with E-state index in [0.717, 1.165) is 11.0 Å². The van der Waals surface area contributed by atoms with Gasteiger partial charge in [-0.3, -0.25) is 9.36 Å². The molecule has 0 bridgehead atoms.